The third-order valence-corrected chi connectivity index (χ3v) is 13.2. The average Bonchev–Trinajstić information content (AvgIpc) is 4.11. The van der Waals surface area contributed by atoms with Gasteiger partial charge in [0.15, 0.2) is 46.4 Å². The second-order valence-corrected chi connectivity index (χ2v) is 17.4. The van der Waals surface area contributed by atoms with E-state index in [9.17, 15) is 30.6 Å². The molecule has 0 amide bonds. The number of nitrogens with zero attached hydrogens (tertiary/aromatic N) is 12. The zero-order chi connectivity index (χ0) is 42.0. The topological polar surface area (TPSA) is 264 Å². The molecule has 5 fully saturated rings. The number of aliphatic hydroxyl groups excluding tert-OH is 6. The standard InChI is InChI=1S/C38H58N14O8/c1-47(2)21-9-11-49(13-21)37-43-31(25-33(45-37)51(17-39-25)35-29(57)27(55)23(15-53)59-35)41-19-5-7-20(8-6-19)42-32-26-34(46-38(44-32)50-12-10-22(14-50)48(3)4)52(18-40-26)36-30(58)28(56)24(16-54)60-36/h17-24,27-30,35-36,53-58H,5-16H2,1-4H3,(H,41,43,45)(H,42,44,46)/t19-,20-,21-,22-,23-,24-,27-,28-,29-,30-,35-,36-/m1/s1. The van der Waals surface area contributed by atoms with Crippen LogP contribution in [0.25, 0.3) is 22.3 Å². The van der Waals surface area contributed by atoms with E-state index >= 15 is 0 Å². The van der Waals surface area contributed by atoms with Crippen LogP contribution in [-0.4, -0.2) is 208 Å². The fraction of sp³-hybridized carbons (Fsp3) is 0.737. The van der Waals surface area contributed by atoms with Gasteiger partial charge in [0.2, 0.25) is 11.9 Å². The maximum absolute atomic E-state index is 10.9. The van der Waals surface area contributed by atoms with E-state index in [-0.39, 0.29) is 12.1 Å². The van der Waals surface area contributed by atoms with E-state index in [0.29, 0.717) is 57.9 Å². The zero-order valence-corrected chi connectivity index (χ0v) is 34.4. The van der Waals surface area contributed by atoms with Gasteiger partial charge in [-0.05, 0) is 66.7 Å². The van der Waals surface area contributed by atoms with Crippen molar-refractivity contribution < 1.29 is 40.1 Å². The minimum Gasteiger partial charge on any atom is -0.394 e. The van der Waals surface area contributed by atoms with Crippen LogP contribution in [0.4, 0.5) is 23.5 Å². The van der Waals surface area contributed by atoms with Crippen molar-refractivity contribution >= 4 is 45.9 Å². The quantitative estimate of drug-likeness (QED) is 0.0791. The van der Waals surface area contributed by atoms with Crippen molar-refractivity contribution in [3.05, 3.63) is 12.7 Å². The lowest BCUT2D eigenvalue weighted by Gasteiger charge is -2.31. The van der Waals surface area contributed by atoms with Crippen LogP contribution in [0.3, 0.4) is 0 Å². The first-order chi connectivity index (χ1) is 28.9. The summed E-state index contributed by atoms with van der Waals surface area (Å²) in [4.78, 5) is 38.0. The Morgan fingerprint density at radius 2 is 1.00 bits per heavy atom. The van der Waals surface area contributed by atoms with Crippen LogP contribution in [0.5, 0.6) is 0 Å². The number of aliphatic hydroxyl groups is 6. The highest BCUT2D eigenvalue weighted by atomic mass is 16.6. The monoisotopic (exact) mass is 838 g/mol. The molecule has 9 rings (SSSR count). The van der Waals surface area contributed by atoms with Gasteiger partial charge in [-0.1, -0.05) is 0 Å². The highest BCUT2D eigenvalue weighted by Gasteiger charge is 2.46. The first kappa shape index (κ1) is 41.3. The van der Waals surface area contributed by atoms with E-state index in [0.717, 1.165) is 64.7 Å². The van der Waals surface area contributed by atoms with Crippen LogP contribution in [0.15, 0.2) is 12.7 Å². The molecule has 1 saturated carbocycles. The number of fused-ring (bicyclic) bond motifs is 2. The Balaban J connectivity index is 0.957. The molecule has 4 aromatic heterocycles. The Morgan fingerprint density at radius 3 is 1.33 bits per heavy atom. The molecular weight excluding hydrogens is 781 g/mol. The van der Waals surface area contributed by atoms with Crippen LogP contribution >= 0.6 is 0 Å². The highest BCUT2D eigenvalue weighted by molar-refractivity contribution is 5.85. The number of imidazole rings is 2. The van der Waals surface area contributed by atoms with Gasteiger partial charge < -0.3 is 70.3 Å². The molecule has 0 bridgehead atoms. The van der Waals surface area contributed by atoms with E-state index in [2.05, 4.69) is 68.4 Å². The number of likely N-dealkylation sites (N-methyl/N-ethyl adjacent to an activating group) is 2. The molecule has 0 spiro atoms. The summed E-state index contributed by atoms with van der Waals surface area (Å²) >= 11 is 0. The molecule has 0 aromatic carbocycles. The summed E-state index contributed by atoms with van der Waals surface area (Å²) in [7, 11) is 8.26. The number of ether oxygens (including phenoxy) is 2. The SMILES string of the molecule is CN(C)[C@@H]1CCN(c2nc(N[C@H]3CC[C@H](Nc4nc(N5CC[C@@H](N(C)C)C5)nc5c4ncn5[C@@H]4O[C@H](CO)[C@@H](O)[C@H]4O)CC3)c3ncn([C@@H]4O[C@H](CO)[C@@H](O)[C@H]4O)c3n2)C1. The third kappa shape index (κ3) is 7.49. The Bertz CT molecular complexity index is 1980. The van der Waals surface area contributed by atoms with Crippen LogP contribution in [0.2, 0.25) is 0 Å². The fourth-order valence-electron chi connectivity index (χ4n) is 9.35. The zero-order valence-electron chi connectivity index (χ0n) is 34.4. The Kier molecular flexibility index (Phi) is 11.4. The van der Waals surface area contributed by atoms with Crippen molar-refractivity contribution in [2.75, 3.05) is 88.0 Å². The maximum atomic E-state index is 10.9. The van der Waals surface area contributed by atoms with Crippen LogP contribution in [-0.2, 0) is 9.47 Å². The molecule has 1 aliphatic carbocycles. The summed E-state index contributed by atoms with van der Waals surface area (Å²) in [5.41, 5.74) is 1.94. The normalized spacial score (nSPS) is 33.7. The molecule has 4 aliphatic heterocycles. The van der Waals surface area contributed by atoms with E-state index in [1.165, 1.54) is 12.7 Å². The predicted octanol–water partition coefficient (Wildman–Crippen LogP) is -1.70. The van der Waals surface area contributed by atoms with Gasteiger partial charge in [-0.15, -0.1) is 0 Å². The highest BCUT2D eigenvalue weighted by Crippen LogP contribution is 2.37. The van der Waals surface area contributed by atoms with Gasteiger partial charge in [0.05, 0.1) is 25.9 Å². The Morgan fingerprint density at radius 1 is 0.600 bits per heavy atom. The number of anilines is 4. The van der Waals surface area contributed by atoms with Gasteiger partial charge in [-0.3, -0.25) is 9.13 Å². The molecule has 5 aliphatic rings. The molecule has 22 heteroatoms. The first-order valence-corrected chi connectivity index (χ1v) is 21.0. The third-order valence-electron chi connectivity index (χ3n) is 13.2. The lowest BCUT2D eigenvalue weighted by atomic mass is 9.91. The number of nitrogens with one attached hydrogen (secondary N) is 2. The van der Waals surface area contributed by atoms with Gasteiger partial charge in [0, 0.05) is 50.3 Å². The lowest BCUT2D eigenvalue weighted by molar-refractivity contribution is -0.0511. The van der Waals surface area contributed by atoms with E-state index in [4.69, 9.17) is 29.4 Å². The summed E-state index contributed by atoms with van der Waals surface area (Å²) in [5.74, 6) is 2.22. The van der Waals surface area contributed by atoms with Gasteiger partial charge in [0.25, 0.3) is 0 Å². The molecule has 328 valence electrons. The lowest BCUT2D eigenvalue weighted by Crippen LogP contribution is -2.34. The van der Waals surface area contributed by atoms with Gasteiger partial charge in [-0.2, -0.15) is 19.9 Å². The van der Waals surface area contributed by atoms with Crippen LogP contribution in [0.1, 0.15) is 51.0 Å². The number of hydrogen-bond donors (Lipinski definition) is 8. The molecule has 10 atom stereocenters. The molecule has 0 unspecified atom stereocenters. The second kappa shape index (κ2) is 16.6. The first-order valence-electron chi connectivity index (χ1n) is 21.0. The minimum absolute atomic E-state index is 0.0563. The van der Waals surface area contributed by atoms with Gasteiger partial charge in [-0.25, -0.2) is 9.97 Å². The summed E-state index contributed by atoms with van der Waals surface area (Å²) in [6, 6.07) is 0.796. The summed E-state index contributed by atoms with van der Waals surface area (Å²) in [6.07, 6.45) is -0.781. The number of rotatable bonds is 12. The molecule has 8 heterocycles. The fourth-order valence-corrected chi connectivity index (χ4v) is 9.35. The Hall–Kier alpha value is -4.10. The number of hydrogen-bond acceptors (Lipinski definition) is 20. The van der Waals surface area contributed by atoms with Crippen LogP contribution in [0, 0.1) is 0 Å². The van der Waals surface area contributed by atoms with Crippen LogP contribution < -0.4 is 20.4 Å². The van der Waals surface area contributed by atoms with E-state index in [1.54, 1.807) is 9.13 Å². The van der Waals surface area contributed by atoms with E-state index < -0.39 is 62.3 Å². The summed E-state index contributed by atoms with van der Waals surface area (Å²) in [6.45, 7) is 2.17. The molecule has 8 N–H and O–H groups in total. The molecule has 4 aromatic rings. The van der Waals surface area contributed by atoms with Crippen molar-refractivity contribution in [2.45, 2.75) is 112 Å². The largest absolute Gasteiger partial charge is 0.394 e. The predicted molar refractivity (Wildman–Crippen MR) is 219 cm³/mol. The summed E-state index contributed by atoms with van der Waals surface area (Å²) < 4.78 is 15.0. The number of aromatic nitrogens is 8. The molecule has 60 heavy (non-hydrogen) atoms. The average molecular weight is 839 g/mol. The molecular formula is C38H58N14O8. The van der Waals surface area contributed by atoms with Crippen molar-refractivity contribution in [1.82, 2.24) is 48.8 Å². The Labute approximate surface area is 346 Å². The molecule has 4 saturated heterocycles. The van der Waals surface area contributed by atoms with Crippen molar-refractivity contribution in [3.63, 3.8) is 0 Å². The second-order valence-electron chi connectivity index (χ2n) is 17.4. The molecule has 22 nitrogen and oxygen atoms in total. The van der Waals surface area contributed by atoms with Crippen molar-refractivity contribution in [3.8, 4) is 0 Å². The van der Waals surface area contributed by atoms with Gasteiger partial charge in [0.1, 0.15) is 36.6 Å². The molecule has 0 radical (unpaired) electrons. The minimum atomic E-state index is -1.29. The van der Waals surface area contributed by atoms with E-state index in [1.807, 2.05) is 0 Å². The van der Waals surface area contributed by atoms with Crippen molar-refractivity contribution in [2.24, 2.45) is 0 Å². The smallest absolute Gasteiger partial charge is 0.229 e. The summed E-state index contributed by atoms with van der Waals surface area (Å²) in [5, 5.41) is 69.8. The maximum Gasteiger partial charge on any atom is 0.229 e. The van der Waals surface area contributed by atoms with Gasteiger partial charge >= 0.3 is 0 Å². The van der Waals surface area contributed by atoms with Crippen molar-refractivity contribution in [1.29, 1.82) is 0 Å².